The number of ether oxygens (including phenoxy) is 1. The number of nitrogens with zero attached hydrogens (tertiary/aromatic N) is 2. The van der Waals surface area contributed by atoms with Crippen molar-refractivity contribution < 1.29 is 4.74 Å². The second-order valence-electron chi connectivity index (χ2n) is 2.85. The van der Waals surface area contributed by atoms with Gasteiger partial charge in [-0.25, -0.2) is 4.99 Å². The minimum atomic E-state index is 0.221. The average molecular weight is 245 g/mol. The molecule has 0 unspecified atom stereocenters. The minimum Gasteiger partial charge on any atom is -0.481 e. The highest BCUT2D eigenvalue weighted by Gasteiger charge is 1.98. The Morgan fingerprint density at radius 3 is 3.12 bits per heavy atom. The van der Waals surface area contributed by atoms with E-state index in [2.05, 4.69) is 16.2 Å². The van der Waals surface area contributed by atoms with Crippen LogP contribution < -0.4 is 10.1 Å². The minimum absolute atomic E-state index is 0.221. The zero-order valence-electron chi connectivity index (χ0n) is 9.30. The normalized spacial score (nSPS) is 10.2. The summed E-state index contributed by atoms with van der Waals surface area (Å²) in [7, 11) is 0. The van der Waals surface area contributed by atoms with Crippen molar-refractivity contribution in [2.24, 2.45) is 4.99 Å². The van der Waals surface area contributed by atoms with E-state index in [1.807, 2.05) is 24.6 Å². The van der Waals surface area contributed by atoms with Crippen molar-refractivity contribution in [2.75, 3.05) is 12.9 Å². The van der Waals surface area contributed by atoms with Crippen LogP contribution in [0.3, 0.4) is 0 Å². The largest absolute Gasteiger partial charge is 0.481 e. The van der Waals surface area contributed by atoms with Crippen LogP contribution in [0, 0.1) is 23.8 Å². The summed E-state index contributed by atoms with van der Waals surface area (Å²) >= 11 is 1.36. The van der Waals surface area contributed by atoms with Crippen LogP contribution >= 0.6 is 11.8 Å². The van der Waals surface area contributed by atoms with Crippen LogP contribution in [0.2, 0.25) is 0 Å². The quantitative estimate of drug-likeness (QED) is 0.291. The lowest BCUT2D eigenvalue weighted by atomic mass is 10.3. The van der Waals surface area contributed by atoms with Crippen molar-refractivity contribution in [2.45, 2.75) is 0 Å². The Labute approximate surface area is 105 Å². The number of nitrogens with one attached hydrogen (secondary N) is 1. The van der Waals surface area contributed by atoms with E-state index < -0.39 is 0 Å². The fraction of sp³-hybridized carbons (Fsp3) is 0.167. The van der Waals surface area contributed by atoms with Gasteiger partial charge in [-0.05, 0) is 18.4 Å². The molecule has 5 heteroatoms. The topological polar surface area (TPSA) is 57.4 Å². The second kappa shape index (κ2) is 7.21. The molecule has 0 aromatic heterocycles. The molecule has 0 saturated heterocycles. The smallest absolute Gasteiger partial charge is 0.183 e. The number of aliphatic imine (C=N–C) groups is 1. The number of hydrogen-bond donors (Lipinski definition) is 1. The van der Waals surface area contributed by atoms with E-state index in [-0.39, 0.29) is 6.61 Å². The zero-order valence-corrected chi connectivity index (χ0v) is 10.1. The molecule has 1 rings (SSSR count). The maximum Gasteiger partial charge on any atom is 0.183 e. The fourth-order valence-electron chi connectivity index (χ4n) is 1.06. The van der Waals surface area contributed by atoms with Crippen LogP contribution in [-0.4, -0.2) is 18.0 Å². The van der Waals surface area contributed by atoms with E-state index in [1.54, 1.807) is 12.1 Å². The van der Waals surface area contributed by atoms with E-state index >= 15 is 0 Å². The molecule has 1 aromatic carbocycles. The molecule has 0 saturated carbocycles. The Balaban J connectivity index is 2.84. The molecule has 0 aliphatic heterocycles. The van der Waals surface area contributed by atoms with Gasteiger partial charge in [0.25, 0.3) is 0 Å². The fourth-order valence-corrected chi connectivity index (χ4v) is 1.40. The molecular weight excluding hydrogens is 234 g/mol. The first-order valence-corrected chi connectivity index (χ1v) is 5.96. The van der Waals surface area contributed by atoms with Gasteiger partial charge in [0.05, 0.1) is 5.69 Å². The summed E-state index contributed by atoms with van der Waals surface area (Å²) in [6.07, 6.45) is 8.77. The Morgan fingerprint density at radius 2 is 2.47 bits per heavy atom. The number of benzene rings is 1. The average Bonchev–Trinajstić information content (AvgIpc) is 2.36. The highest BCUT2D eigenvalue weighted by atomic mass is 32.2. The number of terminal acetylenes is 1. The van der Waals surface area contributed by atoms with Crippen LogP contribution in [0.15, 0.2) is 29.3 Å². The first-order chi connectivity index (χ1) is 8.30. The highest BCUT2D eigenvalue weighted by molar-refractivity contribution is 8.13. The number of hydrogen-bond acceptors (Lipinski definition) is 4. The maximum atomic E-state index is 8.51. The van der Waals surface area contributed by atoms with E-state index in [0.29, 0.717) is 16.6 Å². The molecule has 0 atom stereocenters. The summed E-state index contributed by atoms with van der Waals surface area (Å²) in [5.41, 5.74) is 0.701. The first-order valence-electron chi connectivity index (χ1n) is 4.74. The maximum absolute atomic E-state index is 8.51. The third-order valence-electron chi connectivity index (χ3n) is 1.73. The van der Waals surface area contributed by atoms with Crippen molar-refractivity contribution in [1.82, 2.24) is 5.32 Å². The van der Waals surface area contributed by atoms with E-state index in [1.165, 1.54) is 11.8 Å². The van der Waals surface area contributed by atoms with Gasteiger partial charge in [-0.15, -0.1) is 6.42 Å². The van der Waals surface area contributed by atoms with Crippen molar-refractivity contribution in [3.05, 3.63) is 24.3 Å². The van der Waals surface area contributed by atoms with E-state index in [0.717, 1.165) is 0 Å². The lowest BCUT2D eigenvalue weighted by Crippen LogP contribution is -2.12. The summed E-state index contributed by atoms with van der Waals surface area (Å²) in [5, 5.41) is 11.5. The van der Waals surface area contributed by atoms with Crippen LogP contribution in [-0.2, 0) is 0 Å². The molecule has 1 N–H and O–H groups in total. The van der Waals surface area contributed by atoms with Crippen molar-refractivity contribution >= 4 is 22.6 Å². The van der Waals surface area contributed by atoms with Crippen LogP contribution in [0.5, 0.6) is 5.75 Å². The summed E-state index contributed by atoms with van der Waals surface area (Å²) in [5.74, 6) is 3.04. The number of nitriles is 1. The van der Waals surface area contributed by atoms with Gasteiger partial charge < -0.3 is 4.74 Å². The highest BCUT2D eigenvalue weighted by Crippen LogP contribution is 2.20. The first kappa shape index (κ1) is 13.0. The molecule has 86 valence electrons. The van der Waals surface area contributed by atoms with Crippen LogP contribution in [0.1, 0.15) is 0 Å². The SMILES string of the molecule is C#CCOc1cccc(N=C(NC#N)SC)c1. The molecule has 0 radical (unpaired) electrons. The summed E-state index contributed by atoms with van der Waals surface area (Å²) in [6.45, 7) is 0.221. The van der Waals surface area contributed by atoms with Gasteiger partial charge in [0.1, 0.15) is 12.4 Å². The number of amidine groups is 1. The van der Waals surface area contributed by atoms with Gasteiger partial charge in [0.15, 0.2) is 11.4 Å². The molecule has 0 bridgehead atoms. The molecule has 0 spiro atoms. The number of thioether (sulfide) groups is 1. The lowest BCUT2D eigenvalue weighted by Gasteiger charge is -2.03. The standard InChI is InChI=1S/C12H11N3OS/c1-3-7-16-11-6-4-5-10(8-11)15-12(17-2)14-9-13/h1,4-6,8H,7H2,2H3,(H,14,15). The number of rotatable bonds is 3. The summed E-state index contributed by atoms with van der Waals surface area (Å²) < 4.78 is 5.27. The van der Waals surface area contributed by atoms with Crippen molar-refractivity contribution in [3.8, 4) is 24.3 Å². The Bertz CT molecular complexity index is 485. The van der Waals surface area contributed by atoms with Gasteiger partial charge in [0.2, 0.25) is 0 Å². The molecule has 1 aromatic rings. The Kier molecular flexibility index (Phi) is 5.50. The molecule has 4 nitrogen and oxygen atoms in total. The predicted molar refractivity (Wildman–Crippen MR) is 70.1 cm³/mol. The van der Waals surface area contributed by atoms with Crippen molar-refractivity contribution in [3.63, 3.8) is 0 Å². The zero-order chi connectivity index (χ0) is 12.5. The monoisotopic (exact) mass is 245 g/mol. The third-order valence-corrected chi connectivity index (χ3v) is 2.31. The predicted octanol–water partition coefficient (Wildman–Crippen LogP) is 2.12. The van der Waals surface area contributed by atoms with E-state index in [4.69, 9.17) is 16.4 Å². The van der Waals surface area contributed by atoms with Crippen LogP contribution in [0.25, 0.3) is 0 Å². The molecular formula is C12H11N3OS. The molecule has 0 heterocycles. The summed E-state index contributed by atoms with van der Waals surface area (Å²) in [6, 6.07) is 7.19. The van der Waals surface area contributed by atoms with Crippen molar-refractivity contribution in [1.29, 1.82) is 5.26 Å². The lowest BCUT2D eigenvalue weighted by molar-refractivity contribution is 0.370. The molecule has 17 heavy (non-hydrogen) atoms. The van der Waals surface area contributed by atoms with Gasteiger partial charge in [0, 0.05) is 6.07 Å². The molecule has 0 aliphatic rings. The van der Waals surface area contributed by atoms with Gasteiger partial charge >= 0.3 is 0 Å². The summed E-state index contributed by atoms with van der Waals surface area (Å²) in [4.78, 5) is 4.25. The molecule has 0 fully saturated rings. The van der Waals surface area contributed by atoms with Gasteiger partial charge in [-0.1, -0.05) is 23.7 Å². The Morgan fingerprint density at radius 1 is 1.65 bits per heavy atom. The van der Waals surface area contributed by atoms with Crippen LogP contribution in [0.4, 0.5) is 5.69 Å². The molecule has 0 aliphatic carbocycles. The Hall–Kier alpha value is -2.11. The van der Waals surface area contributed by atoms with E-state index in [9.17, 15) is 0 Å². The third kappa shape index (κ3) is 4.50. The van der Waals surface area contributed by atoms with Gasteiger partial charge in [-0.2, -0.15) is 5.26 Å². The second-order valence-corrected chi connectivity index (χ2v) is 3.64. The van der Waals surface area contributed by atoms with Gasteiger partial charge in [-0.3, -0.25) is 5.32 Å². The molecule has 0 amide bonds.